The Labute approximate surface area is 139 Å². The van der Waals surface area contributed by atoms with E-state index < -0.39 is 12.1 Å². The molecule has 2 N–H and O–H groups in total. The Balaban J connectivity index is 1.55. The lowest BCUT2D eigenvalue weighted by atomic mass is 9.89. The van der Waals surface area contributed by atoms with Crippen molar-refractivity contribution in [2.45, 2.75) is 25.4 Å². The fraction of sp³-hybridized carbons (Fsp3) is 0.471. The van der Waals surface area contributed by atoms with Gasteiger partial charge >= 0.3 is 5.97 Å². The van der Waals surface area contributed by atoms with Crippen LogP contribution < -0.4 is 5.32 Å². The Morgan fingerprint density at radius 2 is 2.12 bits per heavy atom. The van der Waals surface area contributed by atoms with Crippen LogP contribution in [0.3, 0.4) is 0 Å². The number of benzene rings is 1. The molecule has 1 aromatic rings. The minimum Gasteiger partial charge on any atom is -0.479 e. The number of rotatable bonds is 4. The van der Waals surface area contributed by atoms with E-state index in [2.05, 4.69) is 5.32 Å². The number of carbonyl (C=O) groups is 3. The second-order valence-corrected chi connectivity index (χ2v) is 6.12. The summed E-state index contributed by atoms with van der Waals surface area (Å²) in [7, 11) is 0. The lowest BCUT2D eigenvalue weighted by Gasteiger charge is -2.31. The number of para-hydroxylation sites is 1. The highest BCUT2D eigenvalue weighted by atomic mass is 16.5. The van der Waals surface area contributed by atoms with Gasteiger partial charge in [0.25, 0.3) is 0 Å². The van der Waals surface area contributed by atoms with Gasteiger partial charge < -0.3 is 20.1 Å². The SMILES string of the molecule is O=C1Nc2ccccc2CC1CCC(=O)N1CCOC(C(=O)O)C1. The zero-order valence-corrected chi connectivity index (χ0v) is 13.2. The Hall–Kier alpha value is -2.41. The quantitative estimate of drug-likeness (QED) is 0.854. The summed E-state index contributed by atoms with van der Waals surface area (Å²) < 4.78 is 5.11. The van der Waals surface area contributed by atoms with E-state index in [0.29, 0.717) is 19.4 Å². The molecule has 2 aliphatic heterocycles. The fourth-order valence-corrected chi connectivity index (χ4v) is 3.13. The van der Waals surface area contributed by atoms with Gasteiger partial charge in [-0.05, 0) is 24.5 Å². The van der Waals surface area contributed by atoms with E-state index in [9.17, 15) is 14.4 Å². The number of carboxylic acid groups (broad SMARTS) is 1. The van der Waals surface area contributed by atoms with Crippen LogP contribution in [0.4, 0.5) is 5.69 Å². The molecule has 2 amide bonds. The Bertz CT molecular complexity index is 660. The van der Waals surface area contributed by atoms with E-state index in [1.807, 2.05) is 24.3 Å². The molecule has 7 heteroatoms. The average molecular weight is 332 g/mol. The van der Waals surface area contributed by atoms with Crippen LogP contribution in [0.15, 0.2) is 24.3 Å². The van der Waals surface area contributed by atoms with Gasteiger partial charge in [0.15, 0.2) is 6.10 Å². The molecule has 2 unspecified atom stereocenters. The van der Waals surface area contributed by atoms with Crippen molar-refractivity contribution in [3.8, 4) is 0 Å². The topological polar surface area (TPSA) is 95.9 Å². The van der Waals surface area contributed by atoms with Gasteiger partial charge in [-0.15, -0.1) is 0 Å². The van der Waals surface area contributed by atoms with Crippen LogP contribution in [0.25, 0.3) is 0 Å². The summed E-state index contributed by atoms with van der Waals surface area (Å²) in [6, 6.07) is 7.65. The molecule has 0 aromatic heterocycles. The first kappa shape index (κ1) is 16.4. The molecule has 0 radical (unpaired) electrons. The lowest BCUT2D eigenvalue weighted by molar-refractivity contribution is -0.159. The molecule has 0 bridgehead atoms. The van der Waals surface area contributed by atoms with Crippen LogP contribution in [0.5, 0.6) is 0 Å². The molecule has 2 atom stereocenters. The van der Waals surface area contributed by atoms with Crippen LogP contribution >= 0.6 is 0 Å². The van der Waals surface area contributed by atoms with E-state index in [1.165, 1.54) is 4.90 Å². The van der Waals surface area contributed by atoms with Crippen LogP contribution in [0.2, 0.25) is 0 Å². The van der Waals surface area contributed by atoms with E-state index in [-0.39, 0.29) is 37.3 Å². The molecule has 0 aliphatic carbocycles. The molecule has 1 saturated heterocycles. The number of hydrogen-bond acceptors (Lipinski definition) is 4. The van der Waals surface area contributed by atoms with E-state index in [1.54, 1.807) is 0 Å². The van der Waals surface area contributed by atoms with Crippen molar-refractivity contribution in [1.29, 1.82) is 0 Å². The second kappa shape index (κ2) is 7.00. The summed E-state index contributed by atoms with van der Waals surface area (Å²) in [6.45, 7) is 0.677. The highest BCUT2D eigenvalue weighted by molar-refractivity contribution is 5.96. The molecular weight excluding hydrogens is 312 g/mol. The molecule has 0 spiro atoms. The zero-order chi connectivity index (χ0) is 17.1. The Morgan fingerprint density at radius 3 is 2.92 bits per heavy atom. The number of amides is 2. The van der Waals surface area contributed by atoms with Gasteiger partial charge in [0.2, 0.25) is 11.8 Å². The molecule has 128 valence electrons. The van der Waals surface area contributed by atoms with Gasteiger partial charge in [-0.2, -0.15) is 0 Å². The third-order valence-corrected chi connectivity index (χ3v) is 4.51. The Kier molecular flexibility index (Phi) is 4.80. The van der Waals surface area contributed by atoms with Gasteiger partial charge in [-0.25, -0.2) is 4.79 Å². The number of aliphatic carboxylic acids is 1. The van der Waals surface area contributed by atoms with E-state index in [4.69, 9.17) is 9.84 Å². The van der Waals surface area contributed by atoms with Crippen molar-refractivity contribution in [3.63, 3.8) is 0 Å². The second-order valence-electron chi connectivity index (χ2n) is 6.12. The summed E-state index contributed by atoms with van der Waals surface area (Å²) in [6.07, 6.45) is 0.337. The third kappa shape index (κ3) is 3.56. The van der Waals surface area contributed by atoms with Crippen LogP contribution in [0.1, 0.15) is 18.4 Å². The zero-order valence-electron chi connectivity index (χ0n) is 13.2. The van der Waals surface area contributed by atoms with Gasteiger partial charge in [0.1, 0.15) is 0 Å². The van der Waals surface area contributed by atoms with Gasteiger partial charge in [-0.3, -0.25) is 9.59 Å². The summed E-state index contributed by atoms with van der Waals surface area (Å²) in [5.74, 6) is -1.49. The minimum atomic E-state index is -1.06. The van der Waals surface area contributed by atoms with Crippen molar-refractivity contribution >= 4 is 23.5 Å². The predicted octanol–water partition coefficient (Wildman–Crippen LogP) is 0.890. The summed E-state index contributed by atoms with van der Waals surface area (Å²) in [5.41, 5.74) is 1.91. The fourth-order valence-electron chi connectivity index (χ4n) is 3.13. The monoisotopic (exact) mass is 332 g/mol. The average Bonchev–Trinajstić information content (AvgIpc) is 2.59. The summed E-state index contributed by atoms with van der Waals surface area (Å²) in [5, 5.41) is 11.9. The maximum absolute atomic E-state index is 12.3. The number of carboxylic acids is 1. The Morgan fingerprint density at radius 1 is 1.33 bits per heavy atom. The number of nitrogens with one attached hydrogen (secondary N) is 1. The number of morpholine rings is 1. The predicted molar refractivity (Wildman–Crippen MR) is 85.5 cm³/mol. The summed E-state index contributed by atoms with van der Waals surface area (Å²) in [4.78, 5) is 36.9. The molecule has 1 fully saturated rings. The molecule has 0 saturated carbocycles. The molecule has 2 aliphatic rings. The molecule has 3 rings (SSSR count). The van der Waals surface area contributed by atoms with Crippen molar-refractivity contribution in [2.75, 3.05) is 25.0 Å². The molecule has 1 aromatic carbocycles. The first-order valence-electron chi connectivity index (χ1n) is 8.05. The normalized spacial score (nSPS) is 23.3. The highest BCUT2D eigenvalue weighted by Crippen LogP contribution is 2.27. The standard InChI is InChI=1S/C17H20N2O5/c20-15(19-7-8-24-14(10-19)17(22)23)6-5-12-9-11-3-1-2-4-13(11)18-16(12)21/h1-4,12,14H,5-10H2,(H,18,21)(H,22,23). The van der Waals surface area contributed by atoms with Gasteiger partial charge in [-0.1, -0.05) is 18.2 Å². The number of ether oxygens (including phenoxy) is 1. The number of fused-ring (bicyclic) bond motifs is 1. The van der Waals surface area contributed by atoms with Gasteiger partial charge in [0.05, 0.1) is 13.2 Å². The number of hydrogen-bond donors (Lipinski definition) is 2. The first-order valence-corrected chi connectivity index (χ1v) is 8.05. The van der Waals surface area contributed by atoms with Crippen molar-refractivity contribution < 1.29 is 24.2 Å². The van der Waals surface area contributed by atoms with Crippen molar-refractivity contribution in [2.24, 2.45) is 5.92 Å². The highest BCUT2D eigenvalue weighted by Gasteiger charge is 2.30. The van der Waals surface area contributed by atoms with Gasteiger partial charge in [0, 0.05) is 24.6 Å². The maximum atomic E-state index is 12.3. The molecule has 2 heterocycles. The smallest absolute Gasteiger partial charge is 0.334 e. The van der Waals surface area contributed by atoms with Crippen LogP contribution in [-0.4, -0.2) is 53.6 Å². The van der Waals surface area contributed by atoms with E-state index in [0.717, 1.165) is 11.3 Å². The van der Waals surface area contributed by atoms with Crippen LogP contribution in [-0.2, 0) is 25.5 Å². The van der Waals surface area contributed by atoms with Crippen molar-refractivity contribution in [3.05, 3.63) is 29.8 Å². The molecular formula is C17H20N2O5. The number of nitrogens with zero attached hydrogens (tertiary/aromatic N) is 1. The van der Waals surface area contributed by atoms with Crippen LogP contribution in [0, 0.1) is 5.92 Å². The molecule has 7 nitrogen and oxygen atoms in total. The maximum Gasteiger partial charge on any atom is 0.334 e. The van der Waals surface area contributed by atoms with Crippen molar-refractivity contribution in [1.82, 2.24) is 4.90 Å². The summed E-state index contributed by atoms with van der Waals surface area (Å²) >= 11 is 0. The molecule has 24 heavy (non-hydrogen) atoms. The number of anilines is 1. The largest absolute Gasteiger partial charge is 0.479 e. The minimum absolute atomic E-state index is 0.0631. The first-order chi connectivity index (χ1) is 11.5. The lowest BCUT2D eigenvalue weighted by Crippen LogP contribution is -2.48. The number of carbonyl (C=O) groups excluding carboxylic acids is 2. The third-order valence-electron chi connectivity index (χ3n) is 4.51. The van der Waals surface area contributed by atoms with E-state index >= 15 is 0 Å².